The van der Waals surface area contributed by atoms with Crippen LogP contribution in [-0.4, -0.2) is 99.7 Å². The van der Waals surface area contributed by atoms with Crippen LogP contribution < -0.4 is 16.0 Å². The molecular weight excluding hydrogens is 448 g/mol. The van der Waals surface area contributed by atoms with E-state index in [1.807, 2.05) is 38.1 Å². The Bertz CT molecular complexity index is 883. The lowest BCUT2D eigenvalue weighted by atomic mass is 9.98. The zero-order chi connectivity index (χ0) is 25.4. The van der Waals surface area contributed by atoms with Crippen molar-refractivity contribution in [2.45, 2.75) is 50.9 Å². The maximum atomic E-state index is 13.3. The number of benzene rings is 1. The number of amides is 2. The van der Waals surface area contributed by atoms with E-state index in [0.717, 1.165) is 42.7 Å². The summed E-state index contributed by atoms with van der Waals surface area (Å²) in [6.07, 6.45) is 1.68. The van der Waals surface area contributed by atoms with Crippen molar-refractivity contribution in [3.8, 4) is 0 Å². The van der Waals surface area contributed by atoms with Crippen LogP contribution in [0.4, 0.5) is 10.5 Å². The van der Waals surface area contributed by atoms with Gasteiger partial charge < -0.3 is 40.6 Å². The highest BCUT2D eigenvalue weighted by Gasteiger charge is 2.41. The predicted octanol–water partition coefficient (Wildman–Crippen LogP) is 1.64. The zero-order valence-corrected chi connectivity index (χ0v) is 21.4. The van der Waals surface area contributed by atoms with Crippen molar-refractivity contribution >= 4 is 23.4 Å². The molecule has 2 atom stereocenters. The van der Waals surface area contributed by atoms with Gasteiger partial charge in [0.2, 0.25) is 0 Å². The highest BCUT2D eigenvalue weighted by Crippen LogP contribution is 2.32. The van der Waals surface area contributed by atoms with Gasteiger partial charge in [0, 0.05) is 50.0 Å². The summed E-state index contributed by atoms with van der Waals surface area (Å²) < 4.78 is 10.3. The molecule has 2 fully saturated rings. The first-order valence-electron chi connectivity index (χ1n) is 12.4. The van der Waals surface area contributed by atoms with E-state index >= 15 is 0 Å². The van der Waals surface area contributed by atoms with Gasteiger partial charge in [-0.1, -0.05) is 12.1 Å². The molecular formula is C25H40N6O4. The Kier molecular flexibility index (Phi) is 9.88. The largest absolute Gasteiger partial charge is 0.453 e. The minimum atomic E-state index is -0.498. The Morgan fingerprint density at radius 3 is 2.69 bits per heavy atom. The number of morpholine rings is 1. The summed E-state index contributed by atoms with van der Waals surface area (Å²) in [5.74, 6) is -0.0374. The minimum absolute atomic E-state index is 0.0374. The third-order valence-electron chi connectivity index (χ3n) is 6.23. The highest BCUT2D eigenvalue weighted by molar-refractivity contribution is 6.07. The van der Waals surface area contributed by atoms with E-state index in [4.69, 9.17) is 10.1 Å². The van der Waals surface area contributed by atoms with Crippen LogP contribution >= 0.6 is 0 Å². The molecule has 2 amide bonds. The normalized spacial score (nSPS) is 18.6. The number of carbonyl (C=O) groups excluding carboxylic acids is 2. The van der Waals surface area contributed by atoms with Gasteiger partial charge in [0.25, 0.3) is 5.91 Å². The quantitative estimate of drug-likeness (QED) is 0.261. The second-order valence-corrected chi connectivity index (χ2v) is 9.45. The Morgan fingerprint density at radius 1 is 1.29 bits per heavy atom. The topological polar surface area (TPSA) is 119 Å². The summed E-state index contributed by atoms with van der Waals surface area (Å²) >= 11 is 0. The summed E-state index contributed by atoms with van der Waals surface area (Å²) in [6.45, 7) is 5.60. The molecule has 10 heteroatoms. The van der Waals surface area contributed by atoms with E-state index in [1.165, 1.54) is 7.11 Å². The van der Waals surface area contributed by atoms with Crippen molar-refractivity contribution in [1.29, 1.82) is 5.41 Å². The minimum Gasteiger partial charge on any atom is -0.453 e. The lowest BCUT2D eigenvalue weighted by Gasteiger charge is -2.34. The van der Waals surface area contributed by atoms with E-state index in [0.29, 0.717) is 38.4 Å². The van der Waals surface area contributed by atoms with Gasteiger partial charge in [-0.25, -0.2) is 4.79 Å². The third kappa shape index (κ3) is 7.65. The summed E-state index contributed by atoms with van der Waals surface area (Å²) in [7, 11) is 5.38. The zero-order valence-electron chi connectivity index (χ0n) is 21.4. The Morgan fingerprint density at radius 2 is 2.06 bits per heavy atom. The molecule has 0 spiro atoms. The molecule has 0 radical (unpaired) electrons. The van der Waals surface area contributed by atoms with E-state index in [2.05, 4.69) is 31.7 Å². The molecule has 1 aliphatic heterocycles. The van der Waals surface area contributed by atoms with Crippen LogP contribution in [0.15, 0.2) is 18.2 Å². The van der Waals surface area contributed by atoms with Crippen molar-refractivity contribution in [2.24, 2.45) is 0 Å². The molecule has 1 aliphatic carbocycles. The maximum Gasteiger partial charge on any atom is 0.406 e. The van der Waals surface area contributed by atoms with Crippen molar-refractivity contribution in [2.75, 3.05) is 59.3 Å². The van der Waals surface area contributed by atoms with Crippen molar-refractivity contribution in [1.82, 2.24) is 20.4 Å². The number of alkyl carbamates (subject to hydrolysis) is 1. The first-order chi connectivity index (χ1) is 16.8. The summed E-state index contributed by atoms with van der Waals surface area (Å²) in [5.41, 5.74) is 3.17. The standard InChI is InChI=1S/C25H40N6O4/c1-17(31(19-7-8-19)24(32)22-15-27-12-13-35-22)23(26)20-9-6-18(16-30(2)3)14-21(20)28-10-5-11-29-25(33)34-4/h6,9,14,17,19,22,26-28H,5,7-8,10-13,15-16H2,1-4H3,(H,29,33)/t17-,22-/m1/s1. The molecule has 0 unspecified atom stereocenters. The second kappa shape index (κ2) is 12.9. The van der Waals surface area contributed by atoms with Crippen molar-refractivity contribution < 1.29 is 19.1 Å². The third-order valence-corrected chi connectivity index (χ3v) is 6.23. The van der Waals surface area contributed by atoms with Gasteiger partial charge >= 0.3 is 6.09 Å². The molecule has 194 valence electrons. The fraction of sp³-hybridized carbons (Fsp3) is 0.640. The number of nitrogens with one attached hydrogen (secondary N) is 4. The number of carbonyl (C=O) groups is 2. The van der Waals surface area contributed by atoms with Crippen LogP contribution in [0.5, 0.6) is 0 Å². The number of rotatable bonds is 12. The SMILES string of the molecule is COC(=O)NCCCNc1cc(CN(C)C)ccc1C(=N)[C@@H](C)N(C(=O)[C@H]1CNCCO1)C1CC1. The van der Waals surface area contributed by atoms with E-state index < -0.39 is 12.2 Å². The smallest absolute Gasteiger partial charge is 0.406 e. The highest BCUT2D eigenvalue weighted by atomic mass is 16.5. The average molecular weight is 489 g/mol. The molecule has 0 aromatic heterocycles. The molecule has 10 nitrogen and oxygen atoms in total. The number of ether oxygens (including phenoxy) is 2. The van der Waals surface area contributed by atoms with E-state index in [9.17, 15) is 9.59 Å². The molecule has 1 saturated heterocycles. The first kappa shape index (κ1) is 26.9. The molecule has 1 heterocycles. The van der Waals surface area contributed by atoms with Gasteiger partial charge in [-0.15, -0.1) is 0 Å². The van der Waals surface area contributed by atoms with Crippen LogP contribution in [-0.2, 0) is 20.8 Å². The molecule has 35 heavy (non-hydrogen) atoms. The molecule has 2 aliphatic rings. The van der Waals surface area contributed by atoms with Gasteiger partial charge in [-0.3, -0.25) is 4.79 Å². The van der Waals surface area contributed by atoms with Gasteiger partial charge in [0.15, 0.2) is 0 Å². The lowest BCUT2D eigenvalue weighted by molar-refractivity contribution is -0.146. The number of hydrogen-bond donors (Lipinski definition) is 4. The Balaban J connectivity index is 1.75. The fourth-order valence-electron chi connectivity index (χ4n) is 4.30. The molecule has 1 saturated carbocycles. The van der Waals surface area contributed by atoms with Gasteiger partial charge in [0.1, 0.15) is 6.10 Å². The van der Waals surface area contributed by atoms with Crippen LogP contribution in [0.3, 0.4) is 0 Å². The predicted molar refractivity (Wildman–Crippen MR) is 136 cm³/mol. The second-order valence-electron chi connectivity index (χ2n) is 9.45. The summed E-state index contributed by atoms with van der Waals surface area (Å²) in [4.78, 5) is 28.6. The molecule has 1 aromatic carbocycles. The Labute approximate surface area is 208 Å². The van der Waals surface area contributed by atoms with Crippen LogP contribution in [0.25, 0.3) is 0 Å². The monoisotopic (exact) mass is 488 g/mol. The van der Waals surface area contributed by atoms with Gasteiger partial charge in [-0.05, 0) is 51.9 Å². The van der Waals surface area contributed by atoms with Gasteiger partial charge in [0.05, 0.1) is 25.5 Å². The van der Waals surface area contributed by atoms with E-state index in [1.54, 1.807) is 0 Å². The number of hydrogen-bond acceptors (Lipinski definition) is 8. The lowest BCUT2D eigenvalue weighted by Crippen LogP contribution is -2.54. The molecule has 0 bridgehead atoms. The van der Waals surface area contributed by atoms with E-state index in [-0.39, 0.29) is 18.0 Å². The Hall–Kier alpha value is -2.69. The summed E-state index contributed by atoms with van der Waals surface area (Å²) in [5, 5.41) is 18.4. The van der Waals surface area contributed by atoms with Crippen LogP contribution in [0, 0.1) is 5.41 Å². The van der Waals surface area contributed by atoms with Gasteiger partial charge in [-0.2, -0.15) is 0 Å². The van der Waals surface area contributed by atoms with Crippen molar-refractivity contribution in [3.63, 3.8) is 0 Å². The van der Waals surface area contributed by atoms with Crippen LogP contribution in [0.2, 0.25) is 0 Å². The number of nitrogens with zero attached hydrogens (tertiary/aromatic N) is 2. The first-order valence-corrected chi connectivity index (χ1v) is 12.4. The number of anilines is 1. The maximum absolute atomic E-state index is 13.3. The number of methoxy groups -OCH3 is 1. The summed E-state index contributed by atoms with van der Waals surface area (Å²) in [6, 6.07) is 5.87. The molecule has 1 aromatic rings. The fourth-order valence-corrected chi connectivity index (χ4v) is 4.30. The van der Waals surface area contributed by atoms with Crippen molar-refractivity contribution in [3.05, 3.63) is 29.3 Å². The molecule has 4 N–H and O–H groups in total. The average Bonchev–Trinajstić information content (AvgIpc) is 3.68. The van der Waals surface area contributed by atoms with Crippen LogP contribution in [0.1, 0.15) is 37.3 Å². The molecule has 3 rings (SSSR count).